The Morgan fingerprint density at radius 3 is 2.77 bits per heavy atom. The van der Waals surface area contributed by atoms with Gasteiger partial charge in [-0.25, -0.2) is 0 Å². The first kappa shape index (κ1) is 10.2. The van der Waals surface area contributed by atoms with Crippen molar-refractivity contribution in [2.45, 2.75) is 19.9 Å². The molecule has 0 fully saturated rings. The number of nitrogens with zero attached hydrogens (tertiary/aromatic N) is 2. The predicted octanol–water partition coefficient (Wildman–Crippen LogP) is 1.26. The Kier molecular flexibility index (Phi) is 3.08. The summed E-state index contributed by atoms with van der Waals surface area (Å²) < 4.78 is 2.56. The van der Waals surface area contributed by atoms with Gasteiger partial charge in [0.2, 0.25) is 5.91 Å². The molecule has 1 aromatic heterocycles. The van der Waals surface area contributed by atoms with Crippen LogP contribution in [0.1, 0.15) is 18.7 Å². The van der Waals surface area contributed by atoms with Gasteiger partial charge in [0.15, 0.2) is 0 Å². The average Bonchev–Trinajstić information content (AvgIpc) is 2.44. The molecule has 1 amide bonds. The third kappa shape index (κ3) is 2.09. The van der Waals surface area contributed by atoms with Gasteiger partial charge in [-0.05, 0) is 29.8 Å². The van der Waals surface area contributed by atoms with Crippen LogP contribution >= 0.6 is 15.9 Å². The highest BCUT2D eigenvalue weighted by atomic mass is 79.9. The number of aromatic nitrogens is 2. The van der Waals surface area contributed by atoms with Crippen molar-refractivity contribution in [2.75, 3.05) is 7.05 Å². The topological polar surface area (TPSA) is 46.9 Å². The SMILES string of the molecule is CNC(=O)C(C)n1cc(Br)c(C)n1. The van der Waals surface area contributed by atoms with Gasteiger partial charge in [0, 0.05) is 13.2 Å². The van der Waals surface area contributed by atoms with Gasteiger partial charge in [-0.3, -0.25) is 9.48 Å². The van der Waals surface area contributed by atoms with Crippen LogP contribution in [-0.2, 0) is 4.79 Å². The van der Waals surface area contributed by atoms with Gasteiger partial charge in [-0.1, -0.05) is 0 Å². The monoisotopic (exact) mass is 245 g/mol. The van der Waals surface area contributed by atoms with E-state index in [2.05, 4.69) is 26.3 Å². The van der Waals surface area contributed by atoms with Crippen LogP contribution in [0.2, 0.25) is 0 Å². The van der Waals surface area contributed by atoms with E-state index in [0.29, 0.717) is 0 Å². The summed E-state index contributed by atoms with van der Waals surface area (Å²) in [5, 5.41) is 6.76. The molecule has 72 valence electrons. The number of hydrogen-bond acceptors (Lipinski definition) is 2. The van der Waals surface area contributed by atoms with Gasteiger partial charge in [0.05, 0.1) is 10.2 Å². The fourth-order valence-corrected chi connectivity index (χ4v) is 1.28. The molecule has 0 saturated carbocycles. The molecule has 1 N–H and O–H groups in total. The van der Waals surface area contributed by atoms with Crippen LogP contribution in [0, 0.1) is 6.92 Å². The van der Waals surface area contributed by atoms with Gasteiger partial charge in [-0.15, -0.1) is 0 Å². The van der Waals surface area contributed by atoms with Crippen LogP contribution in [0.15, 0.2) is 10.7 Å². The second-order valence-electron chi connectivity index (χ2n) is 2.83. The van der Waals surface area contributed by atoms with Crippen molar-refractivity contribution in [3.63, 3.8) is 0 Å². The summed E-state index contributed by atoms with van der Waals surface area (Å²) in [4.78, 5) is 11.2. The lowest BCUT2D eigenvalue weighted by molar-refractivity contribution is -0.123. The number of carbonyl (C=O) groups excluding carboxylic acids is 1. The Morgan fingerprint density at radius 1 is 1.77 bits per heavy atom. The number of aryl methyl sites for hydroxylation is 1. The van der Waals surface area contributed by atoms with Crippen molar-refractivity contribution < 1.29 is 4.79 Å². The van der Waals surface area contributed by atoms with Gasteiger partial charge in [-0.2, -0.15) is 5.10 Å². The first-order valence-corrected chi connectivity index (χ1v) is 4.78. The zero-order valence-electron chi connectivity index (χ0n) is 7.84. The summed E-state index contributed by atoms with van der Waals surface area (Å²) in [7, 11) is 1.62. The molecular formula is C8H12BrN3O. The number of amides is 1. The molecule has 0 radical (unpaired) electrons. The van der Waals surface area contributed by atoms with Crippen molar-refractivity contribution >= 4 is 21.8 Å². The zero-order valence-corrected chi connectivity index (χ0v) is 9.42. The number of halogens is 1. The number of likely N-dealkylation sites (N-methyl/N-ethyl adjacent to an activating group) is 1. The van der Waals surface area contributed by atoms with Crippen LogP contribution in [0.3, 0.4) is 0 Å². The summed E-state index contributed by atoms with van der Waals surface area (Å²) in [6.07, 6.45) is 1.80. The van der Waals surface area contributed by atoms with E-state index in [1.165, 1.54) is 0 Å². The summed E-state index contributed by atoms with van der Waals surface area (Å²) in [5.41, 5.74) is 0.885. The average molecular weight is 246 g/mol. The lowest BCUT2D eigenvalue weighted by Gasteiger charge is -2.09. The van der Waals surface area contributed by atoms with Gasteiger partial charge >= 0.3 is 0 Å². The van der Waals surface area contributed by atoms with E-state index in [0.717, 1.165) is 10.2 Å². The normalized spacial score (nSPS) is 12.6. The van der Waals surface area contributed by atoms with Crippen LogP contribution in [0.25, 0.3) is 0 Å². The molecule has 5 heteroatoms. The maximum Gasteiger partial charge on any atom is 0.244 e. The first-order chi connectivity index (χ1) is 6.06. The Bertz CT molecular complexity index is 302. The predicted molar refractivity (Wildman–Crippen MR) is 53.4 cm³/mol. The molecule has 0 aliphatic heterocycles. The third-order valence-corrected chi connectivity index (χ3v) is 2.66. The molecule has 0 bridgehead atoms. The van der Waals surface area contributed by atoms with Gasteiger partial charge in [0.25, 0.3) is 0 Å². The van der Waals surface area contributed by atoms with Gasteiger partial charge < -0.3 is 5.32 Å². The van der Waals surface area contributed by atoms with E-state index in [9.17, 15) is 4.79 Å². The van der Waals surface area contributed by atoms with Crippen molar-refractivity contribution in [3.8, 4) is 0 Å². The quantitative estimate of drug-likeness (QED) is 0.853. The molecule has 1 aromatic rings. The number of nitrogens with one attached hydrogen (secondary N) is 1. The highest BCUT2D eigenvalue weighted by Gasteiger charge is 2.14. The smallest absolute Gasteiger partial charge is 0.244 e. The number of hydrogen-bond donors (Lipinski definition) is 1. The van der Waals surface area contributed by atoms with E-state index in [-0.39, 0.29) is 11.9 Å². The lowest BCUT2D eigenvalue weighted by atomic mass is 10.3. The van der Waals surface area contributed by atoms with E-state index >= 15 is 0 Å². The molecule has 0 spiro atoms. The minimum Gasteiger partial charge on any atom is -0.357 e. The summed E-state index contributed by atoms with van der Waals surface area (Å²) in [5.74, 6) is -0.0463. The second kappa shape index (κ2) is 3.91. The van der Waals surface area contributed by atoms with Crippen molar-refractivity contribution in [1.82, 2.24) is 15.1 Å². The maximum atomic E-state index is 11.2. The minimum absolute atomic E-state index is 0.0463. The molecule has 0 aliphatic carbocycles. The molecule has 0 saturated heterocycles. The van der Waals surface area contributed by atoms with E-state index in [1.54, 1.807) is 24.9 Å². The Hall–Kier alpha value is -0.840. The number of rotatable bonds is 2. The molecular weight excluding hydrogens is 234 g/mol. The van der Waals surface area contributed by atoms with E-state index in [1.807, 2.05) is 6.92 Å². The lowest BCUT2D eigenvalue weighted by Crippen LogP contribution is -2.28. The molecule has 13 heavy (non-hydrogen) atoms. The standard InChI is InChI=1S/C8H12BrN3O/c1-5-7(9)4-12(11-5)6(2)8(13)10-3/h4,6H,1-3H3,(H,10,13). The Morgan fingerprint density at radius 2 is 2.38 bits per heavy atom. The van der Waals surface area contributed by atoms with Crippen LogP contribution in [0.5, 0.6) is 0 Å². The molecule has 1 rings (SSSR count). The molecule has 1 unspecified atom stereocenters. The first-order valence-electron chi connectivity index (χ1n) is 3.99. The second-order valence-corrected chi connectivity index (χ2v) is 3.69. The highest BCUT2D eigenvalue weighted by molar-refractivity contribution is 9.10. The molecule has 0 aromatic carbocycles. The fourth-order valence-electron chi connectivity index (χ4n) is 0.987. The Balaban J connectivity index is 2.89. The van der Waals surface area contributed by atoms with E-state index < -0.39 is 0 Å². The Labute approximate surface area is 85.4 Å². The minimum atomic E-state index is -0.269. The largest absolute Gasteiger partial charge is 0.357 e. The van der Waals surface area contributed by atoms with Crippen molar-refractivity contribution in [1.29, 1.82) is 0 Å². The van der Waals surface area contributed by atoms with Crippen LogP contribution < -0.4 is 5.32 Å². The molecule has 0 aliphatic rings. The fraction of sp³-hybridized carbons (Fsp3) is 0.500. The van der Waals surface area contributed by atoms with Crippen molar-refractivity contribution in [2.24, 2.45) is 0 Å². The molecule has 4 nitrogen and oxygen atoms in total. The van der Waals surface area contributed by atoms with Crippen LogP contribution in [-0.4, -0.2) is 22.7 Å². The third-order valence-electron chi connectivity index (χ3n) is 1.88. The molecule has 1 atom stereocenters. The maximum absolute atomic E-state index is 11.2. The van der Waals surface area contributed by atoms with Gasteiger partial charge in [0.1, 0.15) is 6.04 Å². The zero-order chi connectivity index (χ0) is 10.0. The summed E-state index contributed by atoms with van der Waals surface area (Å²) in [6, 6.07) is -0.269. The summed E-state index contributed by atoms with van der Waals surface area (Å²) >= 11 is 3.34. The summed E-state index contributed by atoms with van der Waals surface area (Å²) in [6.45, 7) is 3.69. The van der Waals surface area contributed by atoms with Crippen LogP contribution in [0.4, 0.5) is 0 Å². The molecule has 1 heterocycles. The van der Waals surface area contributed by atoms with Crippen molar-refractivity contribution in [3.05, 3.63) is 16.4 Å². The van der Waals surface area contributed by atoms with E-state index in [4.69, 9.17) is 0 Å². The number of carbonyl (C=O) groups is 1. The highest BCUT2D eigenvalue weighted by Crippen LogP contribution is 2.16.